The fraction of sp³-hybridized carbons (Fsp3) is 0.400. The second-order valence-electron chi connectivity index (χ2n) is 6.78. The Hall–Kier alpha value is -1.86. The van der Waals surface area contributed by atoms with Crippen molar-refractivity contribution in [2.45, 2.75) is 26.6 Å². The van der Waals surface area contributed by atoms with Crippen LogP contribution in [-0.4, -0.2) is 41.7 Å². The zero-order chi connectivity index (χ0) is 18.5. The van der Waals surface area contributed by atoms with E-state index in [0.717, 1.165) is 29.0 Å². The van der Waals surface area contributed by atoms with Gasteiger partial charge in [0, 0.05) is 49.1 Å². The monoisotopic (exact) mass is 427 g/mol. The van der Waals surface area contributed by atoms with Crippen molar-refractivity contribution in [1.82, 2.24) is 15.6 Å². The summed E-state index contributed by atoms with van der Waals surface area (Å²) in [6.07, 6.45) is 3.11. The molecule has 0 aliphatic carbocycles. The number of pyridine rings is 1. The van der Waals surface area contributed by atoms with E-state index in [9.17, 15) is 9.90 Å². The summed E-state index contributed by atoms with van der Waals surface area (Å²) in [7, 11) is 0. The summed E-state index contributed by atoms with van der Waals surface area (Å²) < 4.78 is 5.93. The predicted molar refractivity (Wildman–Crippen MR) is 114 cm³/mol. The molecular weight excluding hydrogens is 401 g/mol. The van der Waals surface area contributed by atoms with Gasteiger partial charge in [-0.05, 0) is 43.2 Å². The molecule has 2 heterocycles. The molecule has 1 aliphatic rings. The summed E-state index contributed by atoms with van der Waals surface area (Å²) in [5.74, 6) is 0.721. The van der Waals surface area contributed by atoms with Crippen LogP contribution in [0.5, 0.6) is 5.75 Å². The van der Waals surface area contributed by atoms with Crippen molar-refractivity contribution in [2.24, 2.45) is 5.92 Å². The van der Waals surface area contributed by atoms with E-state index in [2.05, 4.69) is 15.6 Å². The molecule has 1 aromatic carbocycles. The van der Waals surface area contributed by atoms with Crippen molar-refractivity contribution < 1.29 is 14.6 Å². The largest absolute Gasteiger partial charge is 0.488 e. The number of aryl methyl sites for hydroxylation is 2. The van der Waals surface area contributed by atoms with Crippen molar-refractivity contribution in [3.8, 4) is 5.75 Å². The van der Waals surface area contributed by atoms with Gasteiger partial charge in [0.1, 0.15) is 12.4 Å². The topological polar surface area (TPSA) is 83.5 Å². The standard InChI is InChI=1S/C20H25N3O3.2ClH/c1-13-6-16(20(25)23-10-17-9-22-11-18(17)24)7-14(2)19(13)26-12-15-4-3-5-21-8-15;;/h3-8,17-18,22,24H,9-12H2,1-2H3,(H,23,25);2*1H. The highest BCUT2D eigenvalue weighted by atomic mass is 35.5. The summed E-state index contributed by atoms with van der Waals surface area (Å²) in [5, 5.41) is 15.8. The van der Waals surface area contributed by atoms with Gasteiger partial charge in [-0.1, -0.05) is 6.07 Å². The van der Waals surface area contributed by atoms with Crippen molar-refractivity contribution in [2.75, 3.05) is 19.6 Å². The number of rotatable bonds is 6. The molecule has 154 valence electrons. The smallest absolute Gasteiger partial charge is 0.251 e. The molecule has 1 fully saturated rings. The fourth-order valence-corrected chi connectivity index (χ4v) is 3.20. The Labute approximate surface area is 177 Å². The number of aliphatic hydroxyl groups excluding tert-OH is 1. The van der Waals surface area contributed by atoms with Crippen LogP contribution in [0.3, 0.4) is 0 Å². The van der Waals surface area contributed by atoms with Crippen molar-refractivity contribution >= 4 is 30.7 Å². The lowest BCUT2D eigenvalue weighted by Crippen LogP contribution is -2.34. The van der Waals surface area contributed by atoms with Crippen LogP contribution >= 0.6 is 24.8 Å². The summed E-state index contributed by atoms with van der Waals surface area (Å²) in [4.78, 5) is 16.5. The lowest BCUT2D eigenvalue weighted by molar-refractivity contribution is 0.0927. The van der Waals surface area contributed by atoms with Crippen molar-refractivity contribution in [3.63, 3.8) is 0 Å². The molecule has 1 saturated heterocycles. The van der Waals surface area contributed by atoms with Crippen LogP contribution in [0.4, 0.5) is 0 Å². The number of nitrogens with zero attached hydrogens (tertiary/aromatic N) is 1. The van der Waals surface area contributed by atoms with E-state index in [4.69, 9.17) is 4.74 Å². The average Bonchev–Trinajstić information content (AvgIpc) is 3.04. The summed E-state index contributed by atoms with van der Waals surface area (Å²) >= 11 is 0. The zero-order valence-corrected chi connectivity index (χ0v) is 17.6. The molecule has 2 unspecified atom stereocenters. The highest BCUT2D eigenvalue weighted by molar-refractivity contribution is 5.94. The van der Waals surface area contributed by atoms with Crippen LogP contribution < -0.4 is 15.4 Å². The van der Waals surface area contributed by atoms with Gasteiger partial charge in [-0.3, -0.25) is 9.78 Å². The van der Waals surface area contributed by atoms with E-state index >= 15 is 0 Å². The minimum Gasteiger partial charge on any atom is -0.488 e. The number of amides is 1. The Kier molecular flexibility index (Phi) is 9.69. The van der Waals surface area contributed by atoms with E-state index < -0.39 is 6.10 Å². The number of aliphatic hydroxyl groups is 1. The zero-order valence-electron chi connectivity index (χ0n) is 16.0. The molecule has 0 radical (unpaired) electrons. The minimum absolute atomic E-state index is 0. The van der Waals surface area contributed by atoms with Crippen LogP contribution in [0, 0.1) is 19.8 Å². The number of carbonyl (C=O) groups is 1. The van der Waals surface area contributed by atoms with E-state index in [1.54, 1.807) is 12.4 Å². The van der Waals surface area contributed by atoms with Gasteiger partial charge >= 0.3 is 0 Å². The fourth-order valence-electron chi connectivity index (χ4n) is 3.20. The van der Waals surface area contributed by atoms with E-state index in [1.165, 1.54) is 0 Å². The molecule has 3 N–H and O–H groups in total. The number of hydrogen-bond acceptors (Lipinski definition) is 5. The van der Waals surface area contributed by atoms with Crippen LogP contribution in [0.1, 0.15) is 27.0 Å². The van der Waals surface area contributed by atoms with Crippen molar-refractivity contribution in [3.05, 3.63) is 58.9 Å². The molecule has 1 aliphatic heterocycles. The summed E-state index contributed by atoms with van der Waals surface area (Å²) in [6, 6.07) is 7.52. The molecule has 1 amide bonds. The maximum Gasteiger partial charge on any atom is 0.251 e. The Balaban J connectivity index is 0.00000196. The number of hydrogen-bond donors (Lipinski definition) is 3. The van der Waals surface area contributed by atoms with Crippen molar-refractivity contribution in [1.29, 1.82) is 0 Å². The molecule has 8 heteroatoms. The predicted octanol–water partition coefficient (Wildman–Crippen LogP) is 2.43. The normalized spacial score (nSPS) is 18.0. The number of carbonyl (C=O) groups excluding carboxylic acids is 1. The third kappa shape index (κ3) is 6.07. The molecule has 2 atom stereocenters. The van der Waals surface area contributed by atoms with Gasteiger partial charge in [-0.15, -0.1) is 24.8 Å². The lowest BCUT2D eigenvalue weighted by atomic mass is 10.0. The number of ether oxygens (including phenoxy) is 1. The van der Waals surface area contributed by atoms with Crippen LogP contribution in [0.15, 0.2) is 36.7 Å². The molecule has 3 rings (SSSR count). The number of β-amino-alcohol motifs (C(OH)–C–C–N with tert-alkyl or cyclic N) is 1. The number of nitrogens with one attached hydrogen (secondary N) is 2. The third-order valence-corrected chi connectivity index (χ3v) is 4.66. The van der Waals surface area contributed by atoms with Gasteiger partial charge in [0.05, 0.1) is 6.10 Å². The first kappa shape index (κ1) is 24.2. The van der Waals surface area contributed by atoms with Crippen LogP contribution in [0.25, 0.3) is 0 Å². The van der Waals surface area contributed by atoms with E-state index in [1.807, 2.05) is 38.1 Å². The molecule has 0 spiro atoms. The molecule has 0 saturated carbocycles. The maximum absolute atomic E-state index is 12.4. The third-order valence-electron chi connectivity index (χ3n) is 4.66. The SMILES string of the molecule is Cc1cc(C(=O)NCC2CNCC2O)cc(C)c1OCc1cccnc1.Cl.Cl. The number of benzene rings is 1. The highest BCUT2D eigenvalue weighted by Crippen LogP contribution is 2.26. The first-order valence-corrected chi connectivity index (χ1v) is 8.84. The Morgan fingerprint density at radius 2 is 2.00 bits per heavy atom. The molecule has 28 heavy (non-hydrogen) atoms. The van der Waals surface area contributed by atoms with Gasteiger partial charge in [-0.2, -0.15) is 0 Å². The van der Waals surface area contributed by atoms with Gasteiger partial charge in [-0.25, -0.2) is 0 Å². The van der Waals surface area contributed by atoms with Crippen LogP contribution in [0.2, 0.25) is 0 Å². The summed E-state index contributed by atoms with van der Waals surface area (Å²) in [5.41, 5.74) is 3.44. The maximum atomic E-state index is 12.4. The Morgan fingerprint density at radius 3 is 2.57 bits per heavy atom. The average molecular weight is 428 g/mol. The van der Waals surface area contributed by atoms with E-state index in [0.29, 0.717) is 25.3 Å². The van der Waals surface area contributed by atoms with Gasteiger partial charge in [0.2, 0.25) is 0 Å². The quantitative estimate of drug-likeness (QED) is 0.659. The van der Waals surface area contributed by atoms with Gasteiger partial charge in [0.15, 0.2) is 0 Å². The van der Waals surface area contributed by atoms with E-state index in [-0.39, 0.29) is 36.6 Å². The van der Waals surface area contributed by atoms with Gasteiger partial charge in [0.25, 0.3) is 5.91 Å². The molecular formula is C20H27Cl2N3O3. The molecule has 2 aromatic rings. The van der Waals surface area contributed by atoms with Gasteiger partial charge < -0.3 is 20.5 Å². The highest BCUT2D eigenvalue weighted by Gasteiger charge is 2.25. The first-order chi connectivity index (χ1) is 12.5. The second-order valence-corrected chi connectivity index (χ2v) is 6.78. The summed E-state index contributed by atoms with van der Waals surface area (Å²) in [6.45, 7) is 6.08. The number of halogens is 2. The Morgan fingerprint density at radius 1 is 1.29 bits per heavy atom. The second kappa shape index (κ2) is 11.2. The molecule has 0 bridgehead atoms. The van der Waals surface area contributed by atoms with Crippen LogP contribution in [-0.2, 0) is 6.61 Å². The lowest BCUT2D eigenvalue weighted by Gasteiger charge is -2.16. The molecule has 6 nitrogen and oxygen atoms in total. The number of aromatic nitrogens is 1. The minimum atomic E-state index is -0.401. The Bertz CT molecular complexity index is 752. The first-order valence-electron chi connectivity index (χ1n) is 8.84. The molecule has 1 aromatic heterocycles.